The molecule has 18 heavy (non-hydrogen) atoms. The molecule has 0 N–H and O–H groups in total. The topological polar surface area (TPSA) is 21.6 Å². The maximum absolute atomic E-state index is 5.20. The molecule has 2 rings (SSSR count). The van der Waals surface area contributed by atoms with Crippen LogP contribution in [0.2, 0.25) is 0 Å². The van der Waals surface area contributed by atoms with Crippen LogP contribution in [-0.2, 0) is 4.84 Å². The van der Waals surface area contributed by atoms with Gasteiger partial charge in [0.2, 0.25) is 0 Å². The number of oxime groups is 1. The van der Waals surface area contributed by atoms with E-state index in [1.807, 2.05) is 0 Å². The van der Waals surface area contributed by atoms with E-state index in [-0.39, 0.29) is 0 Å². The minimum absolute atomic E-state index is 0.499. The molecule has 0 saturated heterocycles. The molecule has 1 atom stereocenters. The standard InChI is InChI=1S/C16H21NO/c1-3-11-18-17-16-6-4-5-15(12-16)14-9-7-13(2)8-10-14/h3,7-10,15H,1,4-6,11-12H2,2H3. The summed E-state index contributed by atoms with van der Waals surface area (Å²) < 4.78 is 0. The molecule has 1 aliphatic rings. The first kappa shape index (κ1) is 12.9. The SMILES string of the molecule is C=CCON=C1CCCC(c2ccc(C)cc2)C1. The molecule has 1 fully saturated rings. The minimum atomic E-state index is 0.499. The molecule has 96 valence electrons. The third kappa shape index (κ3) is 3.46. The van der Waals surface area contributed by atoms with Gasteiger partial charge in [-0.05, 0) is 44.1 Å². The van der Waals surface area contributed by atoms with Gasteiger partial charge in [0, 0.05) is 0 Å². The summed E-state index contributed by atoms with van der Waals surface area (Å²) in [7, 11) is 0. The van der Waals surface area contributed by atoms with Gasteiger partial charge in [0.05, 0.1) is 5.71 Å². The van der Waals surface area contributed by atoms with Crippen molar-refractivity contribution in [2.75, 3.05) is 6.61 Å². The fourth-order valence-electron chi connectivity index (χ4n) is 2.43. The summed E-state index contributed by atoms with van der Waals surface area (Å²) in [5, 5.41) is 4.21. The van der Waals surface area contributed by atoms with Crippen molar-refractivity contribution in [3.63, 3.8) is 0 Å². The maximum atomic E-state index is 5.20. The van der Waals surface area contributed by atoms with E-state index in [9.17, 15) is 0 Å². The average molecular weight is 243 g/mol. The molecule has 1 aliphatic carbocycles. The lowest BCUT2D eigenvalue weighted by molar-refractivity contribution is 0.172. The van der Waals surface area contributed by atoms with Crippen LogP contribution in [-0.4, -0.2) is 12.3 Å². The van der Waals surface area contributed by atoms with Crippen molar-refractivity contribution in [2.24, 2.45) is 5.16 Å². The molecule has 0 radical (unpaired) electrons. The van der Waals surface area contributed by atoms with Gasteiger partial charge in [-0.15, -0.1) is 0 Å². The Kier molecular flexibility index (Phi) is 4.57. The molecule has 0 heterocycles. The first-order valence-electron chi connectivity index (χ1n) is 6.64. The lowest BCUT2D eigenvalue weighted by Crippen LogP contribution is -2.14. The van der Waals surface area contributed by atoms with Crippen molar-refractivity contribution >= 4 is 5.71 Å². The molecule has 0 spiro atoms. The normalized spacial score (nSPS) is 21.8. The molecule has 1 saturated carbocycles. The van der Waals surface area contributed by atoms with Crippen molar-refractivity contribution in [3.8, 4) is 0 Å². The number of hydrogen-bond acceptors (Lipinski definition) is 2. The molecular formula is C16H21NO. The highest BCUT2D eigenvalue weighted by Gasteiger charge is 2.20. The second kappa shape index (κ2) is 6.39. The Morgan fingerprint density at radius 2 is 2.17 bits per heavy atom. The van der Waals surface area contributed by atoms with Gasteiger partial charge in [-0.1, -0.05) is 47.6 Å². The zero-order valence-electron chi connectivity index (χ0n) is 11.1. The van der Waals surface area contributed by atoms with Gasteiger partial charge in [-0.2, -0.15) is 0 Å². The zero-order valence-corrected chi connectivity index (χ0v) is 11.1. The van der Waals surface area contributed by atoms with E-state index >= 15 is 0 Å². The highest BCUT2D eigenvalue weighted by molar-refractivity contribution is 5.85. The van der Waals surface area contributed by atoms with Crippen molar-refractivity contribution in [1.82, 2.24) is 0 Å². The quantitative estimate of drug-likeness (QED) is 0.441. The van der Waals surface area contributed by atoms with Crippen molar-refractivity contribution in [3.05, 3.63) is 48.0 Å². The lowest BCUT2D eigenvalue weighted by Gasteiger charge is -2.23. The largest absolute Gasteiger partial charge is 0.392 e. The zero-order chi connectivity index (χ0) is 12.8. The Morgan fingerprint density at radius 3 is 2.89 bits per heavy atom. The second-order valence-electron chi connectivity index (χ2n) is 4.95. The fraction of sp³-hybridized carbons (Fsp3) is 0.438. The number of aryl methyl sites for hydroxylation is 1. The monoisotopic (exact) mass is 243 g/mol. The lowest BCUT2D eigenvalue weighted by atomic mass is 9.83. The smallest absolute Gasteiger partial charge is 0.135 e. The molecule has 1 aromatic rings. The van der Waals surface area contributed by atoms with Crippen molar-refractivity contribution in [2.45, 2.75) is 38.5 Å². The van der Waals surface area contributed by atoms with Gasteiger partial charge >= 0.3 is 0 Å². The average Bonchev–Trinajstić information content (AvgIpc) is 2.40. The first-order valence-corrected chi connectivity index (χ1v) is 6.64. The predicted molar refractivity (Wildman–Crippen MR) is 76.0 cm³/mol. The van der Waals surface area contributed by atoms with Crippen molar-refractivity contribution < 1.29 is 4.84 Å². The summed E-state index contributed by atoms with van der Waals surface area (Å²) in [6.45, 7) is 6.24. The number of benzene rings is 1. The number of rotatable bonds is 4. The Hall–Kier alpha value is -1.57. The number of hydrogen-bond donors (Lipinski definition) is 0. The Bertz CT molecular complexity index is 419. The van der Waals surface area contributed by atoms with E-state index in [2.05, 4.69) is 42.9 Å². The molecule has 0 bridgehead atoms. The molecular weight excluding hydrogens is 222 g/mol. The number of nitrogens with zero attached hydrogens (tertiary/aromatic N) is 1. The molecule has 0 amide bonds. The van der Waals surface area contributed by atoms with Crippen LogP contribution in [0, 0.1) is 6.92 Å². The van der Waals surface area contributed by atoms with Crippen LogP contribution < -0.4 is 0 Å². The highest BCUT2D eigenvalue weighted by atomic mass is 16.6. The predicted octanol–water partition coefficient (Wildman–Crippen LogP) is 4.21. The summed E-state index contributed by atoms with van der Waals surface area (Å²) in [5.41, 5.74) is 3.93. The molecule has 0 aromatic heterocycles. The van der Waals surface area contributed by atoms with Crippen LogP contribution in [0.1, 0.15) is 42.7 Å². The fourth-order valence-corrected chi connectivity index (χ4v) is 2.43. The van der Waals surface area contributed by atoms with Crippen LogP contribution >= 0.6 is 0 Å². The van der Waals surface area contributed by atoms with Gasteiger partial charge in [-0.3, -0.25) is 0 Å². The molecule has 0 aliphatic heterocycles. The summed E-state index contributed by atoms with van der Waals surface area (Å²) in [6.07, 6.45) is 6.28. The highest BCUT2D eigenvalue weighted by Crippen LogP contribution is 2.31. The van der Waals surface area contributed by atoms with E-state index in [0.29, 0.717) is 12.5 Å². The Balaban J connectivity index is 1.99. The van der Waals surface area contributed by atoms with Gasteiger partial charge in [0.25, 0.3) is 0 Å². The van der Waals surface area contributed by atoms with Crippen LogP contribution in [0.3, 0.4) is 0 Å². The van der Waals surface area contributed by atoms with Crippen LogP contribution in [0.4, 0.5) is 0 Å². The Morgan fingerprint density at radius 1 is 1.39 bits per heavy atom. The molecule has 1 aromatic carbocycles. The van der Waals surface area contributed by atoms with Gasteiger partial charge < -0.3 is 4.84 Å². The third-order valence-electron chi connectivity index (χ3n) is 3.43. The molecule has 2 nitrogen and oxygen atoms in total. The van der Waals surface area contributed by atoms with E-state index in [0.717, 1.165) is 12.8 Å². The van der Waals surface area contributed by atoms with E-state index in [1.165, 1.54) is 29.7 Å². The molecule has 1 unspecified atom stereocenters. The Labute approximate surface area is 109 Å². The van der Waals surface area contributed by atoms with E-state index in [4.69, 9.17) is 4.84 Å². The summed E-state index contributed by atoms with van der Waals surface area (Å²) in [6, 6.07) is 8.87. The third-order valence-corrected chi connectivity index (χ3v) is 3.43. The summed E-state index contributed by atoms with van der Waals surface area (Å²) in [5.74, 6) is 0.602. The maximum Gasteiger partial charge on any atom is 0.135 e. The summed E-state index contributed by atoms with van der Waals surface area (Å²) >= 11 is 0. The minimum Gasteiger partial charge on any atom is -0.392 e. The van der Waals surface area contributed by atoms with Gasteiger partial charge in [-0.25, -0.2) is 0 Å². The second-order valence-corrected chi connectivity index (χ2v) is 4.95. The summed E-state index contributed by atoms with van der Waals surface area (Å²) in [4.78, 5) is 5.20. The van der Waals surface area contributed by atoms with Crippen LogP contribution in [0.25, 0.3) is 0 Å². The van der Waals surface area contributed by atoms with Gasteiger partial charge in [0.15, 0.2) is 0 Å². The van der Waals surface area contributed by atoms with Crippen LogP contribution in [0.15, 0.2) is 42.1 Å². The van der Waals surface area contributed by atoms with Crippen LogP contribution in [0.5, 0.6) is 0 Å². The van der Waals surface area contributed by atoms with Crippen molar-refractivity contribution in [1.29, 1.82) is 0 Å². The first-order chi connectivity index (χ1) is 8.79. The van der Waals surface area contributed by atoms with E-state index < -0.39 is 0 Å². The molecule has 2 heteroatoms. The van der Waals surface area contributed by atoms with E-state index in [1.54, 1.807) is 6.08 Å². The van der Waals surface area contributed by atoms with Gasteiger partial charge in [0.1, 0.15) is 6.61 Å².